The van der Waals surface area contributed by atoms with Crippen molar-refractivity contribution in [2.24, 2.45) is 5.41 Å². The molecule has 0 unspecified atom stereocenters. The Morgan fingerprint density at radius 2 is 1.77 bits per heavy atom. The van der Waals surface area contributed by atoms with Gasteiger partial charge >= 0.3 is 0 Å². The molecule has 1 aromatic carbocycles. The Hall–Kier alpha value is -2.74. The quantitative estimate of drug-likeness (QED) is 0.763. The summed E-state index contributed by atoms with van der Waals surface area (Å²) in [6.07, 6.45) is 1.11. The van der Waals surface area contributed by atoms with Crippen molar-refractivity contribution in [1.82, 2.24) is 25.3 Å². The molecule has 8 heteroatoms. The fourth-order valence-corrected chi connectivity index (χ4v) is 4.32. The molecular weight excluding hydrogens is 382 g/mol. The van der Waals surface area contributed by atoms with Crippen LogP contribution in [0.15, 0.2) is 29.1 Å². The SMILES string of the molecule is Cc1nn(CC(=O)N2CCC3(CC2)NCC(C)(C)CNC3=O)c(=O)c2ccccc12. The number of benzene rings is 1. The molecule has 1 spiro atoms. The predicted molar refractivity (Wildman–Crippen MR) is 114 cm³/mol. The van der Waals surface area contributed by atoms with Gasteiger partial charge in [-0.15, -0.1) is 0 Å². The van der Waals surface area contributed by atoms with Crippen molar-refractivity contribution in [3.05, 3.63) is 40.3 Å². The third-order valence-electron chi connectivity index (χ3n) is 6.37. The fourth-order valence-electron chi connectivity index (χ4n) is 4.32. The smallest absolute Gasteiger partial charge is 0.275 e. The number of hydrogen-bond donors (Lipinski definition) is 2. The van der Waals surface area contributed by atoms with Crippen LogP contribution in [-0.2, 0) is 16.1 Å². The normalized spacial score (nSPS) is 20.8. The second-order valence-electron chi connectivity index (χ2n) is 9.26. The lowest BCUT2D eigenvalue weighted by Crippen LogP contribution is -2.61. The van der Waals surface area contributed by atoms with Gasteiger partial charge in [-0.05, 0) is 31.2 Å². The molecule has 2 aliphatic heterocycles. The minimum absolute atomic E-state index is 0.00705. The Labute approximate surface area is 175 Å². The summed E-state index contributed by atoms with van der Waals surface area (Å²) in [5, 5.41) is 12.2. The summed E-state index contributed by atoms with van der Waals surface area (Å²) in [5.74, 6) is -0.133. The van der Waals surface area contributed by atoms with Gasteiger partial charge in [-0.25, -0.2) is 4.68 Å². The van der Waals surface area contributed by atoms with Crippen molar-refractivity contribution in [3.63, 3.8) is 0 Å². The molecule has 0 radical (unpaired) electrons. The van der Waals surface area contributed by atoms with Gasteiger partial charge in [0.2, 0.25) is 11.8 Å². The lowest BCUT2D eigenvalue weighted by molar-refractivity contribution is -0.137. The van der Waals surface area contributed by atoms with Crippen molar-refractivity contribution in [2.75, 3.05) is 26.2 Å². The van der Waals surface area contributed by atoms with Gasteiger partial charge in [-0.3, -0.25) is 14.4 Å². The number of rotatable bonds is 2. The number of carbonyl (C=O) groups is 2. The van der Waals surface area contributed by atoms with Gasteiger partial charge < -0.3 is 15.5 Å². The molecule has 30 heavy (non-hydrogen) atoms. The third-order valence-corrected chi connectivity index (χ3v) is 6.37. The summed E-state index contributed by atoms with van der Waals surface area (Å²) in [7, 11) is 0. The second-order valence-corrected chi connectivity index (χ2v) is 9.26. The molecule has 0 atom stereocenters. The first-order valence-electron chi connectivity index (χ1n) is 10.5. The van der Waals surface area contributed by atoms with E-state index in [1.807, 2.05) is 25.1 Å². The molecule has 0 saturated carbocycles. The van der Waals surface area contributed by atoms with Crippen LogP contribution in [0.25, 0.3) is 10.8 Å². The van der Waals surface area contributed by atoms with E-state index >= 15 is 0 Å². The topological polar surface area (TPSA) is 96.3 Å². The molecule has 0 bridgehead atoms. The average molecular weight is 412 g/mol. The van der Waals surface area contributed by atoms with Crippen molar-refractivity contribution >= 4 is 22.6 Å². The molecule has 2 aromatic rings. The standard InChI is InChI=1S/C22H29N5O3/c1-15-16-6-4-5-7-17(16)19(29)27(25-15)12-18(28)26-10-8-22(9-11-26)20(30)23-13-21(2,3)14-24-22/h4-7,24H,8-14H2,1-3H3,(H,23,30). The van der Waals surface area contributed by atoms with E-state index in [0.29, 0.717) is 37.9 Å². The third kappa shape index (κ3) is 3.71. The molecule has 2 amide bonds. The predicted octanol–water partition coefficient (Wildman–Crippen LogP) is 0.812. The summed E-state index contributed by atoms with van der Waals surface area (Å²) >= 11 is 0. The van der Waals surface area contributed by atoms with E-state index in [-0.39, 0.29) is 29.3 Å². The van der Waals surface area contributed by atoms with Crippen molar-refractivity contribution in [2.45, 2.75) is 45.7 Å². The van der Waals surface area contributed by atoms with Crippen LogP contribution in [0.1, 0.15) is 32.4 Å². The average Bonchev–Trinajstić information content (AvgIpc) is 2.84. The van der Waals surface area contributed by atoms with Crippen LogP contribution in [0.5, 0.6) is 0 Å². The first kappa shape index (κ1) is 20.5. The molecule has 4 rings (SSSR count). The number of nitrogens with one attached hydrogen (secondary N) is 2. The van der Waals surface area contributed by atoms with E-state index in [1.165, 1.54) is 4.68 Å². The zero-order chi connectivity index (χ0) is 21.5. The fraction of sp³-hybridized carbons (Fsp3) is 0.545. The van der Waals surface area contributed by atoms with Crippen LogP contribution in [0.4, 0.5) is 0 Å². The van der Waals surface area contributed by atoms with E-state index in [1.54, 1.807) is 11.0 Å². The molecule has 2 aliphatic rings. The van der Waals surface area contributed by atoms with E-state index in [0.717, 1.165) is 17.6 Å². The van der Waals surface area contributed by atoms with Crippen molar-refractivity contribution in [3.8, 4) is 0 Å². The van der Waals surface area contributed by atoms with E-state index in [2.05, 4.69) is 29.6 Å². The molecule has 2 N–H and O–H groups in total. The number of hydrogen-bond acceptors (Lipinski definition) is 5. The summed E-state index contributed by atoms with van der Waals surface area (Å²) < 4.78 is 1.25. The Bertz CT molecular complexity index is 1050. The number of likely N-dealkylation sites (tertiary alicyclic amines) is 1. The maximum atomic E-state index is 12.9. The number of fused-ring (bicyclic) bond motifs is 1. The number of aryl methyl sites for hydroxylation is 1. The van der Waals surface area contributed by atoms with Crippen LogP contribution in [0.3, 0.4) is 0 Å². The van der Waals surface area contributed by atoms with Gasteiger partial charge in [-0.1, -0.05) is 32.0 Å². The summed E-state index contributed by atoms with van der Waals surface area (Å²) in [5.41, 5.74) is -0.172. The van der Waals surface area contributed by atoms with Gasteiger partial charge in [0.05, 0.1) is 11.1 Å². The molecule has 1 aromatic heterocycles. The molecule has 2 fully saturated rings. The molecule has 160 valence electrons. The van der Waals surface area contributed by atoms with E-state index in [4.69, 9.17) is 0 Å². The van der Waals surface area contributed by atoms with Crippen LogP contribution in [-0.4, -0.2) is 58.2 Å². The highest BCUT2D eigenvalue weighted by atomic mass is 16.2. The van der Waals surface area contributed by atoms with Crippen LogP contribution >= 0.6 is 0 Å². The summed E-state index contributed by atoms with van der Waals surface area (Å²) in [6.45, 7) is 8.31. The zero-order valence-corrected chi connectivity index (χ0v) is 17.8. The first-order valence-corrected chi connectivity index (χ1v) is 10.5. The second kappa shape index (κ2) is 7.50. The zero-order valence-electron chi connectivity index (χ0n) is 17.8. The Balaban J connectivity index is 1.47. The number of piperidine rings is 1. The maximum absolute atomic E-state index is 12.9. The lowest BCUT2D eigenvalue weighted by atomic mass is 9.86. The number of carbonyl (C=O) groups excluding carboxylic acids is 2. The molecule has 3 heterocycles. The monoisotopic (exact) mass is 411 g/mol. The lowest BCUT2D eigenvalue weighted by Gasteiger charge is -2.40. The molecule has 8 nitrogen and oxygen atoms in total. The first-order chi connectivity index (χ1) is 14.2. The highest BCUT2D eigenvalue weighted by Gasteiger charge is 2.44. The Morgan fingerprint density at radius 1 is 1.10 bits per heavy atom. The summed E-state index contributed by atoms with van der Waals surface area (Å²) in [4.78, 5) is 40.1. The highest BCUT2D eigenvalue weighted by molar-refractivity contribution is 5.87. The van der Waals surface area contributed by atoms with E-state index < -0.39 is 5.54 Å². The number of nitrogens with zero attached hydrogens (tertiary/aromatic N) is 3. The molecule has 0 aliphatic carbocycles. The highest BCUT2D eigenvalue weighted by Crippen LogP contribution is 2.27. The van der Waals surface area contributed by atoms with Crippen molar-refractivity contribution in [1.29, 1.82) is 0 Å². The summed E-state index contributed by atoms with van der Waals surface area (Å²) in [6, 6.07) is 7.30. The molecule has 2 saturated heterocycles. The van der Waals surface area contributed by atoms with Crippen LogP contribution in [0, 0.1) is 12.3 Å². The van der Waals surface area contributed by atoms with Gasteiger partial charge in [0.25, 0.3) is 5.56 Å². The van der Waals surface area contributed by atoms with Crippen molar-refractivity contribution < 1.29 is 9.59 Å². The van der Waals surface area contributed by atoms with Gasteiger partial charge in [0, 0.05) is 31.6 Å². The molecular formula is C22H29N5O3. The Morgan fingerprint density at radius 3 is 2.47 bits per heavy atom. The van der Waals surface area contributed by atoms with Gasteiger partial charge in [0.15, 0.2) is 0 Å². The van der Waals surface area contributed by atoms with E-state index in [9.17, 15) is 14.4 Å². The Kier molecular flexibility index (Phi) is 5.13. The number of amides is 2. The van der Waals surface area contributed by atoms with Gasteiger partial charge in [0.1, 0.15) is 12.1 Å². The van der Waals surface area contributed by atoms with Crippen LogP contribution in [0.2, 0.25) is 0 Å². The van der Waals surface area contributed by atoms with Crippen LogP contribution < -0.4 is 16.2 Å². The minimum atomic E-state index is -0.626. The number of aromatic nitrogens is 2. The maximum Gasteiger partial charge on any atom is 0.275 e. The van der Waals surface area contributed by atoms with Gasteiger partial charge in [-0.2, -0.15) is 5.10 Å². The largest absolute Gasteiger partial charge is 0.354 e. The minimum Gasteiger partial charge on any atom is -0.354 e.